The molecule has 21 heavy (non-hydrogen) atoms. The number of nitrogens with one attached hydrogen (secondary N) is 1. The molecule has 0 aliphatic carbocycles. The predicted octanol–water partition coefficient (Wildman–Crippen LogP) is 2.64. The molecule has 118 valence electrons. The maximum Gasteiger partial charge on any atom is 0.376 e. The Bertz CT molecular complexity index is 541. The van der Waals surface area contributed by atoms with Crippen molar-refractivity contribution in [1.29, 1.82) is 0 Å². The van der Waals surface area contributed by atoms with Crippen LogP contribution in [0.25, 0.3) is 0 Å². The number of carboxylic acids is 1. The summed E-state index contributed by atoms with van der Waals surface area (Å²) < 4.78 is 53.8. The molecule has 1 rings (SSSR count). The molecular formula is C13H16F3NO3S. The lowest BCUT2D eigenvalue weighted by Gasteiger charge is -2.28. The van der Waals surface area contributed by atoms with Crippen molar-refractivity contribution >= 4 is 17.0 Å². The summed E-state index contributed by atoms with van der Waals surface area (Å²) >= 11 is 0. The molecule has 0 aromatic heterocycles. The summed E-state index contributed by atoms with van der Waals surface area (Å²) in [5.74, 6) is -7.19. The Morgan fingerprint density at radius 3 is 2.10 bits per heavy atom. The second-order valence-electron chi connectivity index (χ2n) is 5.41. The lowest BCUT2D eigenvalue weighted by Crippen LogP contribution is -2.47. The largest absolute Gasteiger partial charge is 0.477 e. The highest BCUT2D eigenvalue weighted by Gasteiger charge is 2.49. The van der Waals surface area contributed by atoms with Gasteiger partial charge in [-0.2, -0.15) is 8.78 Å². The molecule has 0 aliphatic rings. The first-order chi connectivity index (χ1) is 9.46. The average Bonchev–Trinajstić information content (AvgIpc) is 2.35. The van der Waals surface area contributed by atoms with Crippen LogP contribution in [0.3, 0.4) is 0 Å². The molecule has 0 heterocycles. The minimum Gasteiger partial charge on any atom is -0.477 e. The molecule has 0 fully saturated rings. The fourth-order valence-electron chi connectivity index (χ4n) is 1.41. The molecule has 4 nitrogen and oxygen atoms in total. The third-order valence-electron chi connectivity index (χ3n) is 2.63. The Balaban J connectivity index is 3.21. The summed E-state index contributed by atoms with van der Waals surface area (Å²) in [5, 5.41) is 8.68. The third kappa shape index (κ3) is 4.28. The third-order valence-corrected chi connectivity index (χ3v) is 4.19. The van der Waals surface area contributed by atoms with Gasteiger partial charge in [-0.1, -0.05) is 12.1 Å². The van der Waals surface area contributed by atoms with Crippen molar-refractivity contribution in [2.45, 2.75) is 37.5 Å². The van der Waals surface area contributed by atoms with E-state index in [4.69, 9.17) is 5.11 Å². The van der Waals surface area contributed by atoms with Crippen molar-refractivity contribution in [3.05, 3.63) is 35.6 Å². The van der Waals surface area contributed by atoms with E-state index in [0.29, 0.717) is 0 Å². The Morgan fingerprint density at radius 1 is 1.24 bits per heavy atom. The number of rotatable bonds is 5. The van der Waals surface area contributed by atoms with E-state index in [9.17, 15) is 22.2 Å². The molecule has 0 amide bonds. The number of carbonyl (C=O) groups is 1. The second-order valence-corrected chi connectivity index (χ2v) is 7.41. The molecule has 0 saturated carbocycles. The summed E-state index contributed by atoms with van der Waals surface area (Å²) in [6.45, 7) is 4.66. The van der Waals surface area contributed by atoms with E-state index in [2.05, 4.69) is 4.72 Å². The van der Waals surface area contributed by atoms with E-state index in [1.165, 1.54) is 0 Å². The van der Waals surface area contributed by atoms with Gasteiger partial charge in [-0.25, -0.2) is 18.1 Å². The van der Waals surface area contributed by atoms with Crippen LogP contribution < -0.4 is 4.72 Å². The second kappa shape index (κ2) is 6.15. The summed E-state index contributed by atoms with van der Waals surface area (Å²) in [5.41, 5.74) is -0.165. The highest BCUT2D eigenvalue weighted by Crippen LogP contribution is 2.33. The summed E-state index contributed by atoms with van der Waals surface area (Å²) in [4.78, 5) is 10.8. The van der Waals surface area contributed by atoms with Crippen molar-refractivity contribution < 1.29 is 27.3 Å². The van der Waals surface area contributed by atoms with Crippen LogP contribution in [-0.4, -0.2) is 26.0 Å². The van der Waals surface area contributed by atoms with Crippen LogP contribution in [0.2, 0.25) is 0 Å². The lowest BCUT2D eigenvalue weighted by atomic mass is 10.0. The SMILES string of the molecule is CC(C)(C)S(=O)N[C@H](c1ccc(F)cc1)C(F)(F)C(=O)O. The van der Waals surface area contributed by atoms with Crippen molar-refractivity contribution in [2.75, 3.05) is 0 Å². The minimum atomic E-state index is -4.20. The van der Waals surface area contributed by atoms with E-state index >= 15 is 0 Å². The number of aliphatic carboxylic acids is 1. The van der Waals surface area contributed by atoms with Gasteiger partial charge in [0.25, 0.3) is 0 Å². The van der Waals surface area contributed by atoms with Crippen LogP contribution in [0.15, 0.2) is 24.3 Å². The summed E-state index contributed by atoms with van der Waals surface area (Å²) in [6, 6.07) is 1.90. The number of hydrogen-bond donors (Lipinski definition) is 2. The fourth-order valence-corrected chi connectivity index (χ4v) is 2.27. The summed E-state index contributed by atoms with van der Waals surface area (Å²) in [7, 11) is -1.92. The molecule has 0 radical (unpaired) electrons. The van der Waals surface area contributed by atoms with Gasteiger partial charge in [0.1, 0.15) is 11.9 Å². The maximum atomic E-state index is 13.9. The number of halogens is 3. The minimum absolute atomic E-state index is 0.165. The quantitative estimate of drug-likeness (QED) is 0.875. The molecule has 2 N–H and O–H groups in total. The zero-order valence-electron chi connectivity index (χ0n) is 11.7. The van der Waals surface area contributed by atoms with Gasteiger partial charge in [0.05, 0.1) is 15.7 Å². The van der Waals surface area contributed by atoms with E-state index in [1.54, 1.807) is 20.8 Å². The molecule has 0 saturated heterocycles. The lowest BCUT2D eigenvalue weighted by molar-refractivity contribution is -0.168. The molecule has 8 heteroatoms. The van der Waals surface area contributed by atoms with Gasteiger partial charge in [-0.05, 0) is 38.5 Å². The Labute approximate surface area is 122 Å². The molecule has 1 aromatic carbocycles. The van der Waals surface area contributed by atoms with Gasteiger partial charge in [0.15, 0.2) is 0 Å². The molecule has 0 bridgehead atoms. The predicted molar refractivity (Wildman–Crippen MR) is 72.8 cm³/mol. The molecule has 0 spiro atoms. The van der Waals surface area contributed by atoms with Crippen LogP contribution in [-0.2, 0) is 15.8 Å². The zero-order chi connectivity index (χ0) is 16.4. The highest BCUT2D eigenvalue weighted by molar-refractivity contribution is 7.84. The fraction of sp³-hybridized carbons (Fsp3) is 0.462. The van der Waals surface area contributed by atoms with Crippen molar-refractivity contribution in [3.8, 4) is 0 Å². The Kier molecular flexibility index (Phi) is 5.16. The first kappa shape index (κ1) is 17.6. The van der Waals surface area contributed by atoms with E-state index in [1.807, 2.05) is 0 Å². The van der Waals surface area contributed by atoms with E-state index in [-0.39, 0.29) is 5.56 Å². The van der Waals surface area contributed by atoms with Gasteiger partial charge in [-0.3, -0.25) is 0 Å². The summed E-state index contributed by atoms with van der Waals surface area (Å²) in [6.07, 6.45) is 0. The van der Waals surface area contributed by atoms with E-state index < -0.39 is 39.5 Å². The van der Waals surface area contributed by atoms with Crippen LogP contribution in [0, 0.1) is 5.82 Å². The number of alkyl halides is 2. The molecule has 0 aliphatic heterocycles. The van der Waals surface area contributed by atoms with Gasteiger partial charge in [0.2, 0.25) is 0 Å². The average molecular weight is 323 g/mol. The van der Waals surface area contributed by atoms with Crippen LogP contribution in [0.1, 0.15) is 32.4 Å². The first-order valence-corrected chi connectivity index (χ1v) is 7.16. The number of hydrogen-bond acceptors (Lipinski definition) is 2. The molecule has 1 aromatic rings. The van der Waals surface area contributed by atoms with E-state index in [0.717, 1.165) is 24.3 Å². The molecule has 1 unspecified atom stereocenters. The van der Waals surface area contributed by atoms with Crippen LogP contribution in [0.5, 0.6) is 0 Å². The van der Waals surface area contributed by atoms with Crippen LogP contribution >= 0.6 is 0 Å². The molecular weight excluding hydrogens is 307 g/mol. The Morgan fingerprint density at radius 2 is 1.71 bits per heavy atom. The maximum absolute atomic E-state index is 13.9. The number of carboxylic acid groups (broad SMARTS) is 1. The standard InChI is InChI=1S/C13H16F3NO3S/c1-12(2,3)21(20)17-10(13(15,16)11(18)19)8-4-6-9(14)7-5-8/h4-7,10,17H,1-3H3,(H,18,19)/t10-,21?/m1/s1. The number of benzene rings is 1. The highest BCUT2D eigenvalue weighted by atomic mass is 32.2. The van der Waals surface area contributed by atoms with Crippen molar-refractivity contribution in [2.24, 2.45) is 0 Å². The Hall–Kier alpha value is -1.41. The zero-order valence-corrected chi connectivity index (χ0v) is 12.5. The normalized spacial score (nSPS) is 15.5. The van der Waals surface area contributed by atoms with Gasteiger partial charge < -0.3 is 5.11 Å². The monoisotopic (exact) mass is 323 g/mol. The van der Waals surface area contributed by atoms with Crippen LogP contribution in [0.4, 0.5) is 13.2 Å². The van der Waals surface area contributed by atoms with Gasteiger partial charge in [-0.15, -0.1) is 0 Å². The van der Waals surface area contributed by atoms with Crippen molar-refractivity contribution in [3.63, 3.8) is 0 Å². The smallest absolute Gasteiger partial charge is 0.376 e. The van der Waals surface area contributed by atoms with Gasteiger partial charge in [0, 0.05) is 0 Å². The first-order valence-electron chi connectivity index (χ1n) is 6.01. The van der Waals surface area contributed by atoms with Gasteiger partial charge >= 0.3 is 11.9 Å². The topological polar surface area (TPSA) is 66.4 Å². The molecule has 2 atom stereocenters. The van der Waals surface area contributed by atoms with Crippen molar-refractivity contribution in [1.82, 2.24) is 4.72 Å².